The molecule has 0 aliphatic carbocycles. The summed E-state index contributed by atoms with van der Waals surface area (Å²) in [5, 5.41) is 6.15. The van der Waals surface area contributed by atoms with Crippen LogP contribution in [0.3, 0.4) is 0 Å². The number of pyridine rings is 1. The number of carbonyl (C=O) groups is 1. The standard InChI is InChI=1S/C21H25BrFN3O2/c1-13(2)16-10-20(26-19-9-15(23)3-4-18(19)22)24-12-17(16)21(27)25-11-14-5-7-28-8-6-14/h3-4,9-10,12-14H,5-8,11H2,1-2H3,(H,24,26)(H,25,27). The highest BCUT2D eigenvalue weighted by Gasteiger charge is 2.19. The summed E-state index contributed by atoms with van der Waals surface area (Å²) < 4.78 is 19.6. The molecule has 1 aromatic heterocycles. The Balaban J connectivity index is 1.74. The van der Waals surface area contributed by atoms with Crippen LogP contribution in [0.1, 0.15) is 48.5 Å². The molecule has 1 aromatic carbocycles. The molecule has 1 saturated heterocycles. The van der Waals surface area contributed by atoms with Crippen LogP contribution >= 0.6 is 15.9 Å². The van der Waals surface area contributed by atoms with Gasteiger partial charge in [-0.05, 0) is 70.4 Å². The third-order valence-corrected chi connectivity index (χ3v) is 5.58. The van der Waals surface area contributed by atoms with E-state index in [1.807, 2.05) is 19.9 Å². The summed E-state index contributed by atoms with van der Waals surface area (Å²) in [4.78, 5) is 17.1. The summed E-state index contributed by atoms with van der Waals surface area (Å²) >= 11 is 3.40. The van der Waals surface area contributed by atoms with E-state index in [0.29, 0.717) is 29.5 Å². The smallest absolute Gasteiger partial charge is 0.253 e. The van der Waals surface area contributed by atoms with Gasteiger partial charge in [0.05, 0.1) is 11.3 Å². The fourth-order valence-electron chi connectivity index (χ4n) is 3.22. The quantitative estimate of drug-likeness (QED) is 0.650. The summed E-state index contributed by atoms with van der Waals surface area (Å²) in [7, 11) is 0. The monoisotopic (exact) mass is 449 g/mol. The minimum Gasteiger partial charge on any atom is -0.381 e. The number of benzene rings is 1. The van der Waals surface area contributed by atoms with E-state index >= 15 is 0 Å². The number of anilines is 2. The second-order valence-electron chi connectivity index (χ2n) is 7.33. The van der Waals surface area contributed by atoms with Crippen molar-refractivity contribution in [1.82, 2.24) is 10.3 Å². The molecule has 2 aromatic rings. The molecule has 0 saturated carbocycles. The molecule has 5 nitrogen and oxygen atoms in total. The number of hydrogen-bond donors (Lipinski definition) is 2. The average molecular weight is 450 g/mol. The maximum Gasteiger partial charge on any atom is 0.253 e. The number of nitrogens with zero attached hydrogens (tertiary/aromatic N) is 1. The van der Waals surface area contributed by atoms with Gasteiger partial charge in [0, 0.05) is 30.4 Å². The number of nitrogens with one attached hydrogen (secondary N) is 2. The lowest BCUT2D eigenvalue weighted by Gasteiger charge is -2.22. The highest BCUT2D eigenvalue weighted by molar-refractivity contribution is 9.10. The summed E-state index contributed by atoms with van der Waals surface area (Å²) in [5.41, 5.74) is 2.05. The lowest BCUT2D eigenvalue weighted by Crippen LogP contribution is -2.32. The average Bonchev–Trinajstić information content (AvgIpc) is 2.69. The number of halogens is 2. The number of amides is 1. The van der Waals surface area contributed by atoms with Gasteiger partial charge in [-0.3, -0.25) is 4.79 Å². The topological polar surface area (TPSA) is 63.2 Å². The van der Waals surface area contributed by atoms with E-state index in [-0.39, 0.29) is 17.6 Å². The minimum absolute atomic E-state index is 0.110. The molecule has 3 rings (SSSR count). The van der Waals surface area contributed by atoms with E-state index in [1.165, 1.54) is 12.1 Å². The van der Waals surface area contributed by atoms with E-state index in [2.05, 4.69) is 31.5 Å². The van der Waals surface area contributed by atoms with E-state index in [0.717, 1.165) is 36.1 Å². The Morgan fingerprint density at radius 1 is 1.32 bits per heavy atom. The van der Waals surface area contributed by atoms with Crippen molar-refractivity contribution in [2.45, 2.75) is 32.6 Å². The van der Waals surface area contributed by atoms with Gasteiger partial charge in [-0.15, -0.1) is 0 Å². The van der Waals surface area contributed by atoms with Crippen LogP contribution in [0.4, 0.5) is 15.9 Å². The Morgan fingerprint density at radius 2 is 2.07 bits per heavy atom. The maximum atomic E-state index is 13.5. The summed E-state index contributed by atoms with van der Waals surface area (Å²) in [5.74, 6) is 0.721. The van der Waals surface area contributed by atoms with Crippen molar-refractivity contribution in [2.75, 3.05) is 25.1 Å². The number of carbonyl (C=O) groups excluding carboxylic acids is 1. The third-order valence-electron chi connectivity index (χ3n) is 4.89. The molecule has 1 aliphatic rings. The van der Waals surface area contributed by atoms with Crippen molar-refractivity contribution in [1.29, 1.82) is 0 Å². The first-order valence-corrected chi connectivity index (χ1v) is 10.3. The Labute approximate surface area is 173 Å². The van der Waals surface area contributed by atoms with Gasteiger partial charge >= 0.3 is 0 Å². The second kappa shape index (κ2) is 9.47. The molecule has 2 N–H and O–H groups in total. The van der Waals surface area contributed by atoms with Gasteiger partial charge in [0.1, 0.15) is 11.6 Å². The first kappa shape index (κ1) is 20.7. The molecule has 0 radical (unpaired) electrons. The minimum atomic E-state index is -0.334. The molecule has 150 valence electrons. The van der Waals surface area contributed by atoms with Crippen molar-refractivity contribution >= 4 is 33.3 Å². The molecule has 7 heteroatoms. The van der Waals surface area contributed by atoms with Gasteiger partial charge in [0.2, 0.25) is 0 Å². The van der Waals surface area contributed by atoms with Gasteiger partial charge < -0.3 is 15.4 Å². The first-order valence-electron chi connectivity index (χ1n) is 9.52. The Morgan fingerprint density at radius 3 is 2.79 bits per heavy atom. The molecule has 0 spiro atoms. The molecule has 0 atom stereocenters. The molecular formula is C21H25BrFN3O2. The maximum absolute atomic E-state index is 13.5. The van der Waals surface area contributed by atoms with Crippen molar-refractivity contribution in [3.05, 3.63) is 51.9 Å². The zero-order valence-electron chi connectivity index (χ0n) is 16.1. The predicted molar refractivity (Wildman–Crippen MR) is 112 cm³/mol. The van der Waals surface area contributed by atoms with Crippen molar-refractivity contribution in [3.63, 3.8) is 0 Å². The van der Waals surface area contributed by atoms with Crippen LogP contribution in [0.2, 0.25) is 0 Å². The lowest BCUT2D eigenvalue weighted by molar-refractivity contribution is 0.0642. The first-order chi connectivity index (χ1) is 13.4. The van der Waals surface area contributed by atoms with Gasteiger partial charge in [-0.1, -0.05) is 13.8 Å². The highest BCUT2D eigenvalue weighted by atomic mass is 79.9. The molecule has 28 heavy (non-hydrogen) atoms. The number of ether oxygens (including phenoxy) is 1. The number of aromatic nitrogens is 1. The fourth-order valence-corrected chi connectivity index (χ4v) is 3.57. The molecule has 0 unspecified atom stereocenters. The number of rotatable bonds is 6. The van der Waals surface area contributed by atoms with E-state index in [9.17, 15) is 9.18 Å². The molecular weight excluding hydrogens is 425 g/mol. The normalized spacial score (nSPS) is 14.9. The van der Waals surface area contributed by atoms with Crippen LogP contribution in [0.25, 0.3) is 0 Å². The van der Waals surface area contributed by atoms with Crippen LogP contribution < -0.4 is 10.6 Å². The van der Waals surface area contributed by atoms with E-state index in [1.54, 1.807) is 12.3 Å². The van der Waals surface area contributed by atoms with Gasteiger partial charge in [-0.25, -0.2) is 9.37 Å². The third kappa shape index (κ3) is 5.29. The largest absolute Gasteiger partial charge is 0.381 e. The highest BCUT2D eigenvalue weighted by Crippen LogP contribution is 2.28. The van der Waals surface area contributed by atoms with Crippen molar-refractivity contribution in [3.8, 4) is 0 Å². The summed E-state index contributed by atoms with van der Waals surface area (Å²) in [6.45, 7) is 6.24. The molecule has 1 aliphatic heterocycles. The zero-order chi connectivity index (χ0) is 20.1. The van der Waals surface area contributed by atoms with Crippen LogP contribution in [-0.4, -0.2) is 30.6 Å². The van der Waals surface area contributed by atoms with Crippen LogP contribution in [0.5, 0.6) is 0 Å². The molecule has 1 amide bonds. The number of hydrogen-bond acceptors (Lipinski definition) is 4. The Kier molecular flexibility index (Phi) is 7.02. The van der Waals surface area contributed by atoms with Gasteiger partial charge in [0.25, 0.3) is 5.91 Å². The molecule has 0 bridgehead atoms. The summed E-state index contributed by atoms with van der Waals surface area (Å²) in [6, 6.07) is 6.27. The Hall–Kier alpha value is -1.99. The molecule has 1 fully saturated rings. The van der Waals surface area contributed by atoms with Gasteiger partial charge in [0.15, 0.2) is 0 Å². The van der Waals surface area contributed by atoms with Crippen LogP contribution in [0, 0.1) is 11.7 Å². The van der Waals surface area contributed by atoms with Crippen LogP contribution in [-0.2, 0) is 4.74 Å². The fraction of sp³-hybridized carbons (Fsp3) is 0.429. The van der Waals surface area contributed by atoms with Crippen molar-refractivity contribution in [2.24, 2.45) is 5.92 Å². The zero-order valence-corrected chi connectivity index (χ0v) is 17.7. The van der Waals surface area contributed by atoms with Crippen LogP contribution in [0.15, 0.2) is 34.9 Å². The SMILES string of the molecule is CC(C)c1cc(Nc2cc(F)ccc2Br)ncc1C(=O)NCC1CCOCC1. The lowest BCUT2D eigenvalue weighted by atomic mass is 9.97. The van der Waals surface area contributed by atoms with E-state index in [4.69, 9.17) is 4.74 Å². The predicted octanol–water partition coefficient (Wildman–Crippen LogP) is 5.01. The summed E-state index contributed by atoms with van der Waals surface area (Å²) in [6.07, 6.45) is 3.53. The molecule has 2 heterocycles. The van der Waals surface area contributed by atoms with Crippen molar-refractivity contribution < 1.29 is 13.9 Å². The van der Waals surface area contributed by atoms with Gasteiger partial charge in [-0.2, -0.15) is 0 Å². The second-order valence-corrected chi connectivity index (χ2v) is 8.18. The van der Waals surface area contributed by atoms with E-state index < -0.39 is 0 Å². The Bertz CT molecular complexity index is 838.